The topological polar surface area (TPSA) is 63.5 Å². The van der Waals surface area contributed by atoms with Gasteiger partial charge in [-0.05, 0) is 31.0 Å². The Labute approximate surface area is 137 Å². The molecule has 23 heavy (non-hydrogen) atoms. The number of carbonyl (C=O) groups excluding carboxylic acids is 1. The highest BCUT2D eigenvalue weighted by atomic mass is 32.1. The molecule has 4 rings (SSSR count). The van der Waals surface area contributed by atoms with E-state index < -0.39 is 0 Å². The SMILES string of the molecule is O=C(NC1CCCCC1)c1cc2c(=O)n3ccccc3nc2s1. The molecule has 0 unspecified atom stereocenters. The number of aromatic nitrogens is 2. The van der Waals surface area contributed by atoms with Gasteiger partial charge in [-0.25, -0.2) is 4.98 Å². The minimum atomic E-state index is -0.126. The predicted molar refractivity (Wildman–Crippen MR) is 91.2 cm³/mol. The van der Waals surface area contributed by atoms with E-state index >= 15 is 0 Å². The normalized spacial score (nSPS) is 16.0. The lowest BCUT2D eigenvalue weighted by Gasteiger charge is -2.22. The summed E-state index contributed by atoms with van der Waals surface area (Å²) in [6.45, 7) is 0. The van der Waals surface area contributed by atoms with Gasteiger partial charge in [0.25, 0.3) is 11.5 Å². The molecule has 5 nitrogen and oxygen atoms in total. The summed E-state index contributed by atoms with van der Waals surface area (Å²) in [5.74, 6) is -0.0895. The monoisotopic (exact) mass is 327 g/mol. The van der Waals surface area contributed by atoms with Crippen molar-refractivity contribution in [3.05, 3.63) is 45.7 Å². The molecule has 0 bridgehead atoms. The first-order valence-corrected chi connectivity index (χ1v) is 8.76. The second-order valence-corrected chi connectivity index (χ2v) is 7.01. The molecule has 3 aromatic rings. The molecular weight excluding hydrogens is 310 g/mol. The number of fused-ring (bicyclic) bond motifs is 2. The zero-order valence-corrected chi connectivity index (χ0v) is 13.4. The summed E-state index contributed by atoms with van der Waals surface area (Å²) in [6, 6.07) is 7.37. The molecule has 0 spiro atoms. The number of thiophene rings is 1. The van der Waals surface area contributed by atoms with E-state index in [0.717, 1.165) is 12.8 Å². The molecule has 118 valence electrons. The fourth-order valence-electron chi connectivity index (χ4n) is 3.16. The van der Waals surface area contributed by atoms with Crippen LogP contribution in [-0.4, -0.2) is 21.3 Å². The Bertz CT molecular complexity index is 938. The number of rotatable bonds is 2. The van der Waals surface area contributed by atoms with Crippen LogP contribution in [-0.2, 0) is 0 Å². The van der Waals surface area contributed by atoms with E-state index in [4.69, 9.17) is 0 Å². The molecule has 1 saturated carbocycles. The first kappa shape index (κ1) is 14.4. The van der Waals surface area contributed by atoms with Crippen molar-refractivity contribution in [2.24, 2.45) is 0 Å². The third kappa shape index (κ3) is 2.63. The maximum atomic E-state index is 12.5. The molecule has 3 aromatic heterocycles. The van der Waals surface area contributed by atoms with Gasteiger partial charge in [-0.3, -0.25) is 14.0 Å². The first-order valence-electron chi connectivity index (χ1n) is 7.94. The molecule has 1 fully saturated rings. The Morgan fingerprint density at radius 3 is 2.91 bits per heavy atom. The predicted octanol–water partition coefficient (Wildman–Crippen LogP) is 2.97. The van der Waals surface area contributed by atoms with Gasteiger partial charge in [0.15, 0.2) is 0 Å². The minimum Gasteiger partial charge on any atom is -0.349 e. The fraction of sp³-hybridized carbons (Fsp3) is 0.353. The number of pyridine rings is 1. The highest BCUT2D eigenvalue weighted by molar-refractivity contribution is 7.20. The lowest BCUT2D eigenvalue weighted by molar-refractivity contribution is 0.0932. The summed E-state index contributed by atoms with van der Waals surface area (Å²) in [5, 5.41) is 3.60. The summed E-state index contributed by atoms with van der Waals surface area (Å²) < 4.78 is 1.51. The number of hydrogen-bond donors (Lipinski definition) is 1. The van der Waals surface area contributed by atoms with Crippen LogP contribution in [0.3, 0.4) is 0 Å². The van der Waals surface area contributed by atoms with E-state index in [1.54, 1.807) is 24.4 Å². The van der Waals surface area contributed by atoms with Crippen molar-refractivity contribution in [1.82, 2.24) is 14.7 Å². The molecule has 1 aliphatic rings. The van der Waals surface area contributed by atoms with E-state index in [-0.39, 0.29) is 17.5 Å². The molecule has 3 heterocycles. The molecule has 1 aliphatic carbocycles. The largest absolute Gasteiger partial charge is 0.349 e. The highest BCUT2D eigenvalue weighted by Gasteiger charge is 2.19. The van der Waals surface area contributed by atoms with E-state index in [1.165, 1.54) is 35.0 Å². The molecule has 1 N–H and O–H groups in total. The highest BCUT2D eigenvalue weighted by Crippen LogP contribution is 2.23. The maximum absolute atomic E-state index is 12.5. The van der Waals surface area contributed by atoms with E-state index in [9.17, 15) is 9.59 Å². The average molecular weight is 327 g/mol. The van der Waals surface area contributed by atoms with Crippen molar-refractivity contribution in [3.63, 3.8) is 0 Å². The van der Waals surface area contributed by atoms with Crippen LogP contribution in [0.5, 0.6) is 0 Å². The van der Waals surface area contributed by atoms with Gasteiger partial charge in [0.05, 0.1) is 10.3 Å². The molecular formula is C17H17N3O2S. The van der Waals surface area contributed by atoms with Gasteiger partial charge in [0.2, 0.25) is 0 Å². The fourth-order valence-corrected chi connectivity index (χ4v) is 4.10. The Balaban J connectivity index is 1.70. The Hall–Kier alpha value is -2.21. The number of hydrogen-bond acceptors (Lipinski definition) is 4. The summed E-state index contributed by atoms with van der Waals surface area (Å²) in [5.41, 5.74) is 0.477. The summed E-state index contributed by atoms with van der Waals surface area (Å²) in [4.78, 5) is 30.6. The molecule has 1 amide bonds. The Morgan fingerprint density at radius 1 is 1.26 bits per heavy atom. The third-order valence-electron chi connectivity index (χ3n) is 4.38. The average Bonchev–Trinajstić information content (AvgIpc) is 3.00. The summed E-state index contributed by atoms with van der Waals surface area (Å²) >= 11 is 1.29. The minimum absolute atomic E-state index is 0.0895. The standard InChI is InChI=1S/C17H17N3O2S/c21-15(18-11-6-2-1-3-7-11)13-10-12-16(23-13)19-14-8-4-5-9-20(14)17(12)22/h4-5,8-11H,1-3,6-7H2,(H,18,21). The van der Waals surface area contributed by atoms with Crippen LogP contribution in [0.1, 0.15) is 41.8 Å². The number of nitrogens with one attached hydrogen (secondary N) is 1. The van der Waals surface area contributed by atoms with Crippen LogP contribution in [0.4, 0.5) is 0 Å². The van der Waals surface area contributed by atoms with E-state index in [2.05, 4.69) is 10.3 Å². The smallest absolute Gasteiger partial charge is 0.266 e. The van der Waals surface area contributed by atoms with Crippen molar-refractivity contribution >= 4 is 33.1 Å². The number of carbonyl (C=O) groups is 1. The second kappa shape index (κ2) is 5.77. The van der Waals surface area contributed by atoms with Gasteiger partial charge in [-0.1, -0.05) is 25.3 Å². The van der Waals surface area contributed by atoms with Crippen molar-refractivity contribution in [1.29, 1.82) is 0 Å². The quantitative estimate of drug-likeness (QED) is 0.787. The maximum Gasteiger partial charge on any atom is 0.266 e. The zero-order valence-electron chi connectivity index (χ0n) is 12.6. The van der Waals surface area contributed by atoms with Crippen LogP contribution in [0, 0.1) is 0 Å². The van der Waals surface area contributed by atoms with Crippen molar-refractivity contribution in [2.75, 3.05) is 0 Å². The van der Waals surface area contributed by atoms with E-state index in [0.29, 0.717) is 20.7 Å². The lowest BCUT2D eigenvalue weighted by Crippen LogP contribution is -2.35. The van der Waals surface area contributed by atoms with Gasteiger partial charge >= 0.3 is 0 Å². The lowest BCUT2D eigenvalue weighted by atomic mass is 9.95. The van der Waals surface area contributed by atoms with Crippen molar-refractivity contribution in [3.8, 4) is 0 Å². The van der Waals surface area contributed by atoms with Crippen LogP contribution >= 0.6 is 11.3 Å². The van der Waals surface area contributed by atoms with Crippen LogP contribution in [0.2, 0.25) is 0 Å². The number of nitrogens with zero attached hydrogens (tertiary/aromatic N) is 2. The van der Waals surface area contributed by atoms with Crippen LogP contribution in [0.25, 0.3) is 15.9 Å². The molecule has 0 aromatic carbocycles. The molecule has 0 aliphatic heterocycles. The van der Waals surface area contributed by atoms with Crippen molar-refractivity contribution < 1.29 is 4.79 Å². The molecule has 0 saturated heterocycles. The third-order valence-corrected chi connectivity index (χ3v) is 5.41. The Kier molecular flexibility index (Phi) is 3.61. The van der Waals surface area contributed by atoms with Gasteiger partial charge in [-0.2, -0.15) is 0 Å². The second-order valence-electron chi connectivity index (χ2n) is 5.98. The first-order chi connectivity index (χ1) is 11.2. The van der Waals surface area contributed by atoms with Gasteiger partial charge in [0.1, 0.15) is 10.5 Å². The Morgan fingerprint density at radius 2 is 2.09 bits per heavy atom. The van der Waals surface area contributed by atoms with Gasteiger partial charge < -0.3 is 5.32 Å². The zero-order chi connectivity index (χ0) is 15.8. The molecule has 0 atom stereocenters. The molecule has 6 heteroatoms. The van der Waals surface area contributed by atoms with E-state index in [1.807, 2.05) is 6.07 Å². The van der Waals surface area contributed by atoms with Gasteiger partial charge in [-0.15, -0.1) is 11.3 Å². The van der Waals surface area contributed by atoms with Crippen LogP contribution in [0.15, 0.2) is 35.3 Å². The number of amides is 1. The van der Waals surface area contributed by atoms with Crippen molar-refractivity contribution in [2.45, 2.75) is 38.1 Å². The van der Waals surface area contributed by atoms with Gasteiger partial charge in [0, 0.05) is 12.2 Å². The molecule has 0 radical (unpaired) electrons. The van der Waals surface area contributed by atoms with Crippen LogP contribution < -0.4 is 10.9 Å². The summed E-state index contributed by atoms with van der Waals surface area (Å²) in [6.07, 6.45) is 7.38. The summed E-state index contributed by atoms with van der Waals surface area (Å²) in [7, 11) is 0.